The zero-order chi connectivity index (χ0) is 24.2. The molecule has 0 fully saturated rings. The van der Waals surface area contributed by atoms with Crippen molar-refractivity contribution in [2.24, 2.45) is 0 Å². The predicted molar refractivity (Wildman–Crippen MR) is 147 cm³/mol. The molecule has 184 valence electrons. The van der Waals surface area contributed by atoms with E-state index in [0.29, 0.717) is 11.5 Å². The average molecular weight is 471 g/mol. The predicted octanol–water partition coefficient (Wildman–Crippen LogP) is 7.92. The van der Waals surface area contributed by atoms with Crippen LogP contribution in [0.25, 0.3) is 0 Å². The normalized spacial score (nSPS) is 11.5. The van der Waals surface area contributed by atoms with Crippen molar-refractivity contribution < 1.29 is 10.2 Å². The van der Waals surface area contributed by atoms with Gasteiger partial charge in [0, 0.05) is 10.6 Å². The van der Waals surface area contributed by atoms with Gasteiger partial charge >= 0.3 is 0 Å². The minimum atomic E-state index is -0.815. The zero-order valence-corrected chi connectivity index (χ0v) is 22.7. The van der Waals surface area contributed by atoms with Crippen LogP contribution in [0.3, 0.4) is 0 Å². The molecule has 2 aromatic rings. The summed E-state index contributed by atoms with van der Waals surface area (Å²) >= 11 is 0. The van der Waals surface area contributed by atoms with Gasteiger partial charge in [0.2, 0.25) is 0 Å². The molecule has 0 aliphatic rings. The SMILES string of the molecule is CCCCc1cc(CCCC)c(O)c(P(CC)c2cc(CCCC)cc(CCCC)c2O)c1. The molecule has 0 spiro atoms. The maximum atomic E-state index is 11.4. The van der Waals surface area contributed by atoms with E-state index >= 15 is 0 Å². The Labute approximate surface area is 204 Å². The first-order valence-electron chi connectivity index (χ1n) is 13.5. The Hall–Kier alpha value is -1.53. The summed E-state index contributed by atoms with van der Waals surface area (Å²) in [5.74, 6) is 0.954. The number of aryl methyl sites for hydroxylation is 4. The van der Waals surface area contributed by atoms with Gasteiger partial charge in [0.25, 0.3) is 0 Å². The number of hydrogen-bond acceptors (Lipinski definition) is 2. The first-order chi connectivity index (χ1) is 16.0. The molecular weight excluding hydrogens is 423 g/mol. The highest BCUT2D eigenvalue weighted by molar-refractivity contribution is 7.73. The van der Waals surface area contributed by atoms with Crippen molar-refractivity contribution in [2.45, 2.75) is 112 Å². The fraction of sp³-hybridized carbons (Fsp3) is 0.600. The van der Waals surface area contributed by atoms with Crippen LogP contribution in [0.5, 0.6) is 11.5 Å². The Morgan fingerprint density at radius 3 is 1.24 bits per heavy atom. The molecule has 33 heavy (non-hydrogen) atoms. The minimum Gasteiger partial charge on any atom is -0.507 e. The monoisotopic (exact) mass is 470 g/mol. The summed E-state index contributed by atoms with van der Waals surface area (Å²) in [4.78, 5) is 0. The van der Waals surface area contributed by atoms with Gasteiger partial charge in [0.15, 0.2) is 0 Å². The highest BCUT2D eigenvalue weighted by Crippen LogP contribution is 2.42. The zero-order valence-electron chi connectivity index (χ0n) is 21.8. The molecule has 0 radical (unpaired) electrons. The van der Waals surface area contributed by atoms with Gasteiger partial charge in [-0.25, -0.2) is 0 Å². The van der Waals surface area contributed by atoms with Gasteiger partial charge in [-0.3, -0.25) is 0 Å². The largest absolute Gasteiger partial charge is 0.507 e. The van der Waals surface area contributed by atoms with Gasteiger partial charge in [-0.1, -0.05) is 72.4 Å². The van der Waals surface area contributed by atoms with Crippen LogP contribution >= 0.6 is 7.92 Å². The maximum absolute atomic E-state index is 11.4. The van der Waals surface area contributed by atoms with Crippen molar-refractivity contribution in [3.8, 4) is 11.5 Å². The molecule has 0 atom stereocenters. The lowest BCUT2D eigenvalue weighted by Gasteiger charge is -2.24. The molecule has 0 aromatic heterocycles. The summed E-state index contributed by atoms with van der Waals surface area (Å²) in [5, 5.41) is 24.9. The Balaban J connectivity index is 2.61. The van der Waals surface area contributed by atoms with Crippen LogP contribution in [0.2, 0.25) is 0 Å². The van der Waals surface area contributed by atoms with Crippen LogP contribution in [-0.4, -0.2) is 16.4 Å². The van der Waals surface area contributed by atoms with Crippen LogP contribution in [0.4, 0.5) is 0 Å². The second-order valence-electron chi connectivity index (χ2n) is 9.40. The number of rotatable bonds is 15. The summed E-state index contributed by atoms with van der Waals surface area (Å²) in [7, 11) is -0.815. The fourth-order valence-corrected chi connectivity index (χ4v) is 6.92. The number of phenols is 2. The lowest BCUT2D eigenvalue weighted by Crippen LogP contribution is -2.18. The number of phenolic OH excluding ortho intramolecular Hbond substituents is 2. The number of aromatic hydroxyl groups is 2. The highest BCUT2D eigenvalue weighted by Gasteiger charge is 2.23. The van der Waals surface area contributed by atoms with Crippen molar-refractivity contribution in [1.29, 1.82) is 0 Å². The molecule has 0 aliphatic carbocycles. The van der Waals surface area contributed by atoms with Crippen molar-refractivity contribution >= 4 is 18.5 Å². The molecule has 3 heteroatoms. The molecule has 0 saturated heterocycles. The summed E-state index contributed by atoms with van der Waals surface area (Å²) in [6.07, 6.45) is 14.0. The Morgan fingerprint density at radius 1 is 0.545 bits per heavy atom. The molecule has 0 unspecified atom stereocenters. The second-order valence-corrected chi connectivity index (χ2v) is 11.9. The van der Waals surface area contributed by atoms with E-state index in [1.54, 1.807) is 0 Å². The summed E-state index contributed by atoms with van der Waals surface area (Å²) in [6.45, 7) is 11.1. The molecule has 0 aliphatic heterocycles. The highest BCUT2D eigenvalue weighted by atomic mass is 31.1. The maximum Gasteiger partial charge on any atom is 0.126 e. The first-order valence-corrected chi connectivity index (χ1v) is 15.0. The molecule has 2 N–H and O–H groups in total. The topological polar surface area (TPSA) is 40.5 Å². The summed E-state index contributed by atoms with van der Waals surface area (Å²) in [6, 6.07) is 8.97. The molecule has 0 saturated carbocycles. The third kappa shape index (κ3) is 7.74. The van der Waals surface area contributed by atoms with Crippen LogP contribution in [0.15, 0.2) is 24.3 Å². The molecule has 0 amide bonds. The molecule has 2 nitrogen and oxygen atoms in total. The van der Waals surface area contributed by atoms with Crippen LogP contribution in [0, 0.1) is 0 Å². The third-order valence-electron chi connectivity index (χ3n) is 6.59. The van der Waals surface area contributed by atoms with E-state index in [1.807, 2.05) is 0 Å². The standard InChI is InChI=1S/C30H47O2P/c1-6-11-15-23-19-25(17-13-8-3)29(31)27(21-23)33(10-5)28-22-24(16-12-7-2)20-26(30(28)32)18-14-9-4/h19-22,31-32H,6-18H2,1-5H3. The van der Waals surface area contributed by atoms with Crippen LogP contribution in [-0.2, 0) is 25.7 Å². The van der Waals surface area contributed by atoms with E-state index in [-0.39, 0.29) is 0 Å². The van der Waals surface area contributed by atoms with Gasteiger partial charge in [-0.2, -0.15) is 0 Å². The quantitative estimate of drug-likeness (QED) is 0.260. The van der Waals surface area contributed by atoms with Gasteiger partial charge in [0.05, 0.1) is 0 Å². The van der Waals surface area contributed by atoms with Crippen molar-refractivity contribution in [1.82, 2.24) is 0 Å². The van der Waals surface area contributed by atoms with E-state index in [9.17, 15) is 10.2 Å². The Kier molecular flexibility index (Phi) is 12.3. The van der Waals surface area contributed by atoms with Gasteiger partial charge in [-0.05, 0) is 99.8 Å². The van der Waals surface area contributed by atoms with E-state index in [2.05, 4.69) is 58.9 Å². The van der Waals surface area contributed by atoms with Gasteiger partial charge < -0.3 is 10.2 Å². The number of hydrogen-bond donors (Lipinski definition) is 2. The van der Waals surface area contributed by atoms with Crippen LogP contribution < -0.4 is 10.6 Å². The fourth-order valence-electron chi connectivity index (χ4n) is 4.53. The summed E-state index contributed by atoms with van der Waals surface area (Å²) < 4.78 is 0. The average Bonchev–Trinajstić information content (AvgIpc) is 2.82. The van der Waals surface area contributed by atoms with E-state index in [4.69, 9.17) is 0 Å². The first kappa shape index (κ1) is 27.7. The lowest BCUT2D eigenvalue weighted by molar-refractivity contribution is 0.470. The smallest absolute Gasteiger partial charge is 0.126 e. The molecule has 0 heterocycles. The Morgan fingerprint density at radius 2 is 0.909 bits per heavy atom. The summed E-state index contributed by atoms with van der Waals surface area (Å²) in [5.41, 5.74) is 4.86. The molecule has 2 rings (SSSR count). The Bertz CT molecular complexity index is 789. The molecule has 0 bridgehead atoms. The van der Waals surface area contributed by atoms with Crippen molar-refractivity contribution in [2.75, 3.05) is 6.16 Å². The minimum absolute atomic E-state index is 0.477. The van der Waals surface area contributed by atoms with Gasteiger partial charge in [-0.15, -0.1) is 0 Å². The third-order valence-corrected chi connectivity index (χ3v) is 9.07. The van der Waals surface area contributed by atoms with Crippen molar-refractivity contribution in [3.05, 3.63) is 46.5 Å². The molecular formula is C30H47O2P. The molecule has 2 aromatic carbocycles. The van der Waals surface area contributed by atoms with Gasteiger partial charge in [0.1, 0.15) is 11.5 Å². The van der Waals surface area contributed by atoms with Crippen molar-refractivity contribution in [3.63, 3.8) is 0 Å². The number of benzene rings is 2. The van der Waals surface area contributed by atoms with Crippen LogP contribution in [0.1, 0.15) is 108 Å². The second kappa shape index (κ2) is 14.7. The van der Waals surface area contributed by atoms with E-state index in [0.717, 1.165) is 79.3 Å². The van der Waals surface area contributed by atoms with E-state index in [1.165, 1.54) is 36.8 Å². The number of unbranched alkanes of at least 4 members (excludes halogenated alkanes) is 4. The lowest BCUT2D eigenvalue weighted by atomic mass is 10.0. The van der Waals surface area contributed by atoms with E-state index < -0.39 is 7.92 Å².